The molecule has 0 aromatic heterocycles. The summed E-state index contributed by atoms with van der Waals surface area (Å²) in [6.45, 7) is 9.24. The molecule has 1 aliphatic heterocycles. The molecule has 0 unspecified atom stereocenters. The van der Waals surface area contributed by atoms with Crippen LogP contribution in [-0.4, -0.2) is 35.1 Å². The lowest BCUT2D eigenvalue weighted by Gasteiger charge is -2.46. The van der Waals surface area contributed by atoms with Crippen LogP contribution in [0.1, 0.15) is 33.3 Å². The second kappa shape index (κ2) is 5.53. The summed E-state index contributed by atoms with van der Waals surface area (Å²) in [6.07, 6.45) is 3.43. The van der Waals surface area contributed by atoms with Crippen molar-refractivity contribution in [3.63, 3.8) is 0 Å². The molecule has 1 heterocycles. The molecule has 1 saturated heterocycles. The molecule has 2 N–H and O–H groups in total. The number of nitrogens with two attached hydrogens (primary N) is 1. The number of morpholine rings is 1. The van der Waals surface area contributed by atoms with E-state index in [1.54, 1.807) is 6.08 Å². The van der Waals surface area contributed by atoms with Gasteiger partial charge in [0.25, 0.3) is 0 Å². The number of rotatable bonds is 2. The van der Waals surface area contributed by atoms with Gasteiger partial charge in [0, 0.05) is 24.9 Å². The Bertz CT molecular complexity index is 528. The van der Waals surface area contributed by atoms with Crippen LogP contribution in [0, 0.1) is 0 Å². The molecule has 2 rings (SSSR count). The van der Waals surface area contributed by atoms with E-state index in [1.807, 2.05) is 62.9 Å². The molecule has 1 fully saturated rings. The van der Waals surface area contributed by atoms with Crippen LogP contribution in [0.5, 0.6) is 0 Å². The minimum atomic E-state index is -0.327. The van der Waals surface area contributed by atoms with Gasteiger partial charge in [-0.25, -0.2) is 0 Å². The molecule has 0 bridgehead atoms. The van der Waals surface area contributed by atoms with Crippen molar-refractivity contribution in [2.24, 2.45) is 0 Å². The van der Waals surface area contributed by atoms with Crippen molar-refractivity contribution < 1.29 is 9.53 Å². The molecular formula is C17H24N2O2. The third-order valence-corrected chi connectivity index (χ3v) is 3.36. The van der Waals surface area contributed by atoms with Crippen LogP contribution in [0.2, 0.25) is 0 Å². The van der Waals surface area contributed by atoms with E-state index in [9.17, 15) is 4.79 Å². The summed E-state index contributed by atoms with van der Waals surface area (Å²) in [4.78, 5) is 14.2. The number of hydrogen-bond acceptors (Lipinski definition) is 3. The molecule has 0 atom stereocenters. The molecular weight excluding hydrogens is 264 g/mol. The maximum Gasteiger partial charge on any atom is 0.246 e. The third kappa shape index (κ3) is 4.33. The highest BCUT2D eigenvalue weighted by molar-refractivity contribution is 5.92. The van der Waals surface area contributed by atoms with E-state index in [0.29, 0.717) is 13.1 Å². The molecule has 4 nitrogen and oxygen atoms in total. The number of hydrogen-bond donors (Lipinski definition) is 1. The Hall–Kier alpha value is -1.81. The summed E-state index contributed by atoms with van der Waals surface area (Å²) < 4.78 is 5.99. The largest absolute Gasteiger partial charge is 0.399 e. The van der Waals surface area contributed by atoms with Gasteiger partial charge in [0.15, 0.2) is 0 Å². The molecule has 4 heteroatoms. The van der Waals surface area contributed by atoms with Crippen LogP contribution in [0.25, 0.3) is 6.08 Å². The van der Waals surface area contributed by atoms with E-state index in [1.165, 1.54) is 0 Å². The standard InChI is InChI=1S/C17H24N2O2/c1-16(2)11-19(12-17(3,4)21-16)15(20)10-7-13-5-8-14(18)9-6-13/h5-10H,11-12,18H2,1-4H3/b10-7+. The first-order valence-electron chi connectivity index (χ1n) is 7.20. The first-order chi connectivity index (χ1) is 9.67. The van der Waals surface area contributed by atoms with Crippen LogP contribution in [0.4, 0.5) is 5.69 Å². The molecule has 0 radical (unpaired) electrons. The Labute approximate surface area is 126 Å². The second-order valence-corrected chi connectivity index (χ2v) is 6.82. The average molecular weight is 288 g/mol. The minimum absolute atomic E-state index is 0.0104. The van der Waals surface area contributed by atoms with Gasteiger partial charge in [0.1, 0.15) is 0 Å². The Kier molecular flexibility index (Phi) is 4.10. The maximum atomic E-state index is 12.4. The highest BCUT2D eigenvalue weighted by Gasteiger charge is 2.39. The van der Waals surface area contributed by atoms with Crippen molar-refractivity contribution in [3.05, 3.63) is 35.9 Å². The van der Waals surface area contributed by atoms with Gasteiger partial charge < -0.3 is 15.4 Å². The van der Waals surface area contributed by atoms with E-state index in [-0.39, 0.29) is 17.1 Å². The Morgan fingerprint density at radius 2 is 1.67 bits per heavy atom. The van der Waals surface area contributed by atoms with Crippen molar-refractivity contribution in [1.82, 2.24) is 4.90 Å². The normalized spacial score (nSPS) is 20.7. The lowest BCUT2D eigenvalue weighted by molar-refractivity contribution is -0.185. The van der Waals surface area contributed by atoms with Gasteiger partial charge in [-0.15, -0.1) is 0 Å². The second-order valence-electron chi connectivity index (χ2n) is 6.82. The Balaban J connectivity index is 2.07. The van der Waals surface area contributed by atoms with Crippen LogP contribution in [0.15, 0.2) is 30.3 Å². The number of nitrogen functional groups attached to an aromatic ring is 1. The van der Waals surface area contributed by atoms with Crippen LogP contribution in [-0.2, 0) is 9.53 Å². The Morgan fingerprint density at radius 1 is 1.14 bits per heavy atom. The third-order valence-electron chi connectivity index (χ3n) is 3.36. The van der Waals surface area contributed by atoms with Crippen molar-refractivity contribution in [2.45, 2.75) is 38.9 Å². The van der Waals surface area contributed by atoms with Gasteiger partial charge in [0.05, 0.1) is 11.2 Å². The van der Waals surface area contributed by atoms with Gasteiger partial charge in [-0.1, -0.05) is 12.1 Å². The predicted octanol–water partition coefficient (Wildman–Crippen LogP) is 2.70. The van der Waals surface area contributed by atoms with Gasteiger partial charge >= 0.3 is 0 Å². The maximum absolute atomic E-state index is 12.4. The van der Waals surface area contributed by atoms with E-state index >= 15 is 0 Å². The summed E-state index contributed by atoms with van der Waals surface area (Å²) in [7, 11) is 0. The minimum Gasteiger partial charge on any atom is -0.399 e. The van der Waals surface area contributed by atoms with E-state index in [2.05, 4.69) is 0 Å². The van der Waals surface area contributed by atoms with E-state index in [4.69, 9.17) is 10.5 Å². The number of nitrogens with zero attached hydrogens (tertiary/aromatic N) is 1. The summed E-state index contributed by atoms with van der Waals surface area (Å²) in [5.41, 5.74) is 6.67. The first-order valence-corrected chi connectivity index (χ1v) is 7.20. The van der Waals surface area contributed by atoms with Crippen molar-refractivity contribution in [1.29, 1.82) is 0 Å². The first kappa shape index (κ1) is 15.6. The molecule has 0 aliphatic carbocycles. The molecule has 1 aromatic carbocycles. The smallest absolute Gasteiger partial charge is 0.246 e. The number of amides is 1. The lowest BCUT2D eigenvalue weighted by Crippen LogP contribution is -2.58. The number of carbonyl (C=O) groups is 1. The fourth-order valence-corrected chi connectivity index (χ4v) is 2.82. The van der Waals surface area contributed by atoms with Crippen LogP contribution in [0.3, 0.4) is 0 Å². The zero-order chi connectivity index (χ0) is 15.7. The van der Waals surface area contributed by atoms with Crippen molar-refractivity contribution in [2.75, 3.05) is 18.8 Å². The topological polar surface area (TPSA) is 55.6 Å². The summed E-state index contributed by atoms with van der Waals surface area (Å²) >= 11 is 0. The fraction of sp³-hybridized carbons (Fsp3) is 0.471. The SMILES string of the molecule is CC1(C)CN(C(=O)/C=C/c2ccc(N)cc2)CC(C)(C)O1. The van der Waals surface area contributed by atoms with E-state index in [0.717, 1.165) is 11.3 Å². The number of ether oxygens (including phenoxy) is 1. The van der Waals surface area contributed by atoms with Crippen molar-refractivity contribution in [3.8, 4) is 0 Å². The summed E-state index contributed by atoms with van der Waals surface area (Å²) in [6, 6.07) is 7.44. The monoisotopic (exact) mass is 288 g/mol. The Morgan fingerprint density at radius 3 is 2.19 bits per heavy atom. The van der Waals surface area contributed by atoms with Crippen LogP contribution < -0.4 is 5.73 Å². The highest BCUT2D eigenvalue weighted by Crippen LogP contribution is 2.28. The quantitative estimate of drug-likeness (QED) is 0.672. The average Bonchev–Trinajstić information content (AvgIpc) is 2.34. The molecule has 21 heavy (non-hydrogen) atoms. The number of anilines is 1. The van der Waals surface area contributed by atoms with Gasteiger partial charge in [-0.2, -0.15) is 0 Å². The van der Waals surface area contributed by atoms with Crippen molar-refractivity contribution >= 4 is 17.7 Å². The lowest BCUT2D eigenvalue weighted by atomic mass is 9.99. The number of carbonyl (C=O) groups excluding carboxylic acids is 1. The summed E-state index contributed by atoms with van der Waals surface area (Å²) in [5, 5.41) is 0. The molecule has 1 aliphatic rings. The number of benzene rings is 1. The van der Waals surface area contributed by atoms with Gasteiger partial charge in [0.2, 0.25) is 5.91 Å². The van der Waals surface area contributed by atoms with Gasteiger partial charge in [-0.05, 0) is 51.5 Å². The zero-order valence-corrected chi connectivity index (χ0v) is 13.2. The highest BCUT2D eigenvalue weighted by atomic mass is 16.5. The molecule has 1 aromatic rings. The van der Waals surface area contributed by atoms with Crippen LogP contribution >= 0.6 is 0 Å². The summed E-state index contributed by atoms with van der Waals surface area (Å²) in [5.74, 6) is 0.0104. The zero-order valence-electron chi connectivity index (χ0n) is 13.2. The molecule has 114 valence electrons. The molecule has 0 saturated carbocycles. The van der Waals surface area contributed by atoms with Gasteiger partial charge in [-0.3, -0.25) is 4.79 Å². The van der Waals surface area contributed by atoms with E-state index < -0.39 is 0 Å². The predicted molar refractivity (Wildman–Crippen MR) is 85.7 cm³/mol. The molecule has 0 spiro atoms. The fourth-order valence-electron chi connectivity index (χ4n) is 2.82. The molecule has 1 amide bonds.